The second-order valence-corrected chi connectivity index (χ2v) is 7.77. The van der Waals surface area contributed by atoms with E-state index in [0.29, 0.717) is 34.3 Å². The first-order valence-electron chi connectivity index (χ1n) is 9.83. The van der Waals surface area contributed by atoms with Gasteiger partial charge in [-0.05, 0) is 50.6 Å². The van der Waals surface area contributed by atoms with Crippen molar-refractivity contribution < 1.29 is 29.0 Å². The zero-order valence-corrected chi connectivity index (χ0v) is 18.0. The summed E-state index contributed by atoms with van der Waals surface area (Å²) in [6, 6.07) is 12.2. The highest BCUT2D eigenvalue weighted by Gasteiger charge is 2.38. The molecule has 0 fully saturated rings. The van der Waals surface area contributed by atoms with E-state index >= 15 is 0 Å². The smallest absolute Gasteiger partial charge is 0.333 e. The lowest BCUT2D eigenvalue weighted by molar-refractivity contribution is -0.160. The Balaban J connectivity index is 1.94. The van der Waals surface area contributed by atoms with Crippen LogP contribution in [0.4, 0.5) is 0 Å². The van der Waals surface area contributed by atoms with E-state index in [1.54, 1.807) is 37.3 Å². The van der Waals surface area contributed by atoms with Gasteiger partial charge in [0, 0.05) is 12.0 Å². The fraction of sp³-hybridized carbons (Fsp3) is 0.261. The lowest BCUT2D eigenvalue weighted by atomic mass is 9.94. The standard InChI is InChI=1S/C23H23N3O6/c1-14(2)20(27)31-12-11-15-9-10-18(26-24-16-7-5-6-8-17(16)25-26)19(13-15)32-22(30)23(3,4)21(28)29/h5-10,13H,1,11-12H2,2-4H3,(H,28,29). The Kier molecular flexibility index (Phi) is 6.38. The Labute approximate surface area is 184 Å². The molecular formula is C23H23N3O6. The number of hydrogen-bond acceptors (Lipinski definition) is 7. The first kappa shape index (κ1) is 22.7. The average Bonchev–Trinajstić information content (AvgIpc) is 3.17. The molecule has 3 aromatic rings. The molecule has 1 heterocycles. The zero-order chi connectivity index (χ0) is 23.5. The number of ether oxygens (including phenoxy) is 2. The van der Waals surface area contributed by atoms with Crippen LogP contribution in [0.1, 0.15) is 26.3 Å². The molecule has 0 radical (unpaired) electrons. The molecule has 0 aliphatic heterocycles. The van der Waals surface area contributed by atoms with Crippen LogP contribution in [0.25, 0.3) is 16.7 Å². The highest BCUT2D eigenvalue weighted by Crippen LogP contribution is 2.28. The maximum absolute atomic E-state index is 12.6. The Bertz CT molecular complexity index is 1180. The molecule has 32 heavy (non-hydrogen) atoms. The first-order valence-corrected chi connectivity index (χ1v) is 9.83. The number of aliphatic carboxylic acids is 1. The molecular weight excluding hydrogens is 414 g/mol. The van der Waals surface area contributed by atoms with Crippen molar-refractivity contribution in [2.75, 3.05) is 6.61 Å². The number of esters is 2. The summed E-state index contributed by atoms with van der Waals surface area (Å²) in [7, 11) is 0. The summed E-state index contributed by atoms with van der Waals surface area (Å²) < 4.78 is 10.6. The van der Waals surface area contributed by atoms with Crippen molar-refractivity contribution in [3.8, 4) is 11.4 Å². The zero-order valence-electron chi connectivity index (χ0n) is 18.0. The first-order chi connectivity index (χ1) is 15.1. The van der Waals surface area contributed by atoms with Crippen LogP contribution >= 0.6 is 0 Å². The van der Waals surface area contributed by atoms with Crippen molar-refractivity contribution in [1.29, 1.82) is 0 Å². The summed E-state index contributed by atoms with van der Waals surface area (Å²) in [6.45, 7) is 7.71. The van der Waals surface area contributed by atoms with Crippen molar-refractivity contribution in [2.24, 2.45) is 5.41 Å². The lowest BCUT2D eigenvalue weighted by Gasteiger charge is -2.19. The van der Waals surface area contributed by atoms with E-state index in [1.807, 2.05) is 12.1 Å². The van der Waals surface area contributed by atoms with E-state index in [1.165, 1.54) is 18.6 Å². The summed E-state index contributed by atoms with van der Waals surface area (Å²) in [5.74, 6) is -2.65. The van der Waals surface area contributed by atoms with Gasteiger partial charge < -0.3 is 14.6 Å². The van der Waals surface area contributed by atoms with Gasteiger partial charge in [-0.1, -0.05) is 24.8 Å². The second-order valence-electron chi connectivity index (χ2n) is 7.77. The van der Waals surface area contributed by atoms with Gasteiger partial charge in [-0.2, -0.15) is 0 Å². The van der Waals surface area contributed by atoms with E-state index in [4.69, 9.17) is 9.47 Å². The number of fused-ring (bicyclic) bond motifs is 1. The third-order valence-corrected chi connectivity index (χ3v) is 4.75. The second kappa shape index (κ2) is 9.01. The molecule has 9 nitrogen and oxygen atoms in total. The SMILES string of the molecule is C=C(C)C(=O)OCCc1ccc(-n2nc3ccccc3n2)c(OC(=O)C(C)(C)C(=O)O)c1. The molecule has 1 aromatic heterocycles. The molecule has 0 saturated heterocycles. The van der Waals surface area contributed by atoms with E-state index in [9.17, 15) is 19.5 Å². The minimum atomic E-state index is -1.76. The third kappa shape index (κ3) is 4.83. The van der Waals surface area contributed by atoms with Gasteiger partial charge in [0.1, 0.15) is 16.7 Å². The van der Waals surface area contributed by atoms with Crippen molar-refractivity contribution in [3.63, 3.8) is 0 Å². The van der Waals surface area contributed by atoms with Gasteiger partial charge in [0.05, 0.1) is 6.61 Å². The molecule has 0 amide bonds. The summed E-state index contributed by atoms with van der Waals surface area (Å²) in [6.07, 6.45) is 0.348. The van der Waals surface area contributed by atoms with Gasteiger partial charge in [-0.3, -0.25) is 9.59 Å². The van der Waals surface area contributed by atoms with Crippen LogP contribution < -0.4 is 4.74 Å². The van der Waals surface area contributed by atoms with Gasteiger partial charge in [0.25, 0.3) is 0 Å². The Morgan fingerprint density at radius 3 is 2.28 bits per heavy atom. The number of carbonyl (C=O) groups excluding carboxylic acids is 2. The molecule has 0 unspecified atom stereocenters. The lowest BCUT2D eigenvalue weighted by Crippen LogP contribution is -2.36. The number of rotatable bonds is 8. The number of hydrogen-bond donors (Lipinski definition) is 1. The van der Waals surface area contributed by atoms with Crippen LogP contribution in [0.5, 0.6) is 5.75 Å². The average molecular weight is 437 g/mol. The Morgan fingerprint density at radius 1 is 1.09 bits per heavy atom. The maximum atomic E-state index is 12.6. The largest absolute Gasteiger partial charge is 0.480 e. The fourth-order valence-corrected chi connectivity index (χ4v) is 2.63. The molecule has 0 saturated carbocycles. The van der Waals surface area contributed by atoms with Crippen LogP contribution in [0.15, 0.2) is 54.6 Å². The molecule has 2 aromatic carbocycles. The maximum Gasteiger partial charge on any atom is 0.333 e. The molecule has 0 atom stereocenters. The number of carbonyl (C=O) groups is 3. The third-order valence-electron chi connectivity index (χ3n) is 4.75. The van der Waals surface area contributed by atoms with E-state index in [2.05, 4.69) is 16.8 Å². The van der Waals surface area contributed by atoms with Gasteiger partial charge in [0.2, 0.25) is 0 Å². The number of nitrogens with zero attached hydrogens (tertiary/aromatic N) is 3. The summed E-state index contributed by atoms with van der Waals surface area (Å²) in [4.78, 5) is 37.0. The number of aromatic nitrogens is 3. The molecule has 9 heteroatoms. The van der Waals surface area contributed by atoms with Crippen LogP contribution in [-0.2, 0) is 25.5 Å². The highest BCUT2D eigenvalue weighted by molar-refractivity contribution is 5.99. The van der Waals surface area contributed by atoms with Crippen LogP contribution in [-0.4, -0.2) is 44.6 Å². The molecule has 1 N–H and O–H groups in total. The van der Waals surface area contributed by atoms with Crippen molar-refractivity contribution in [3.05, 3.63) is 60.2 Å². The van der Waals surface area contributed by atoms with Crippen LogP contribution in [0.3, 0.4) is 0 Å². The summed E-state index contributed by atoms with van der Waals surface area (Å²) >= 11 is 0. The normalized spacial score (nSPS) is 11.2. The highest BCUT2D eigenvalue weighted by atomic mass is 16.5. The monoisotopic (exact) mass is 437 g/mol. The Hall–Kier alpha value is -4.01. The van der Waals surface area contributed by atoms with Crippen molar-refractivity contribution in [2.45, 2.75) is 27.2 Å². The number of benzene rings is 2. The quantitative estimate of drug-likeness (QED) is 0.247. The fourth-order valence-electron chi connectivity index (χ4n) is 2.63. The van der Waals surface area contributed by atoms with Crippen LogP contribution in [0, 0.1) is 5.41 Å². The van der Waals surface area contributed by atoms with E-state index < -0.39 is 23.3 Å². The molecule has 0 aliphatic carbocycles. The summed E-state index contributed by atoms with van der Waals surface area (Å²) in [5, 5.41) is 18.2. The van der Waals surface area contributed by atoms with E-state index in [0.717, 1.165) is 0 Å². The van der Waals surface area contributed by atoms with E-state index in [-0.39, 0.29) is 12.4 Å². The number of carboxylic acid groups (broad SMARTS) is 1. The van der Waals surface area contributed by atoms with Gasteiger partial charge in [-0.15, -0.1) is 15.0 Å². The van der Waals surface area contributed by atoms with Gasteiger partial charge in [0.15, 0.2) is 11.2 Å². The molecule has 0 aliphatic rings. The predicted octanol–water partition coefficient (Wildman–Crippen LogP) is 3.10. The molecule has 0 bridgehead atoms. The molecule has 0 spiro atoms. The van der Waals surface area contributed by atoms with Crippen LogP contribution in [0.2, 0.25) is 0 Å². The van der Waals surface area contributed by atoms with Crippen molar-refractivity contribution >= 4 is 28.9 Å². The Morgan fingerprint density at radius 2 is 1.72 bits per heavy atom. The number of carboxylic acids is 1. The molecule has 3 rings (SSSR count). The van der Waals surface area contributed by atoms with Gasteiger partial charge >= 0.3 is 17.9 Å². The minimum absolute atomic E-state index is 0.0911. The van der Waals surface area contributed by atoms with Gasteiger partial charge in [-0.25, -0.2) is 4.79 Å². The summed E-state index contributed by atoms with van der Waals surface area (Å²) in [5.41, 5.74) is 0.891. The van der Waals surface area contributed by atoms with Crippen molar-refractivity contribution in [1.82, 2.24) is 15.0 Å². The topological polar surface area (TPSA) is 121 Å². The predicted molar refractivity (Wildman–Crippen MR) is 115 cm³/mol. The minimum Gasteiger partial charge on any atom is -0.480 e. The molecule has 166 valence electrons.